The van der Waals surface area contributed by atoms with Crippen LogP contribution in [-0.4, -0.2) is 18.5 Å². The molecule has 0 aliphatic rings. The van der Waals surface area contributed by atoms with Crippen LogP contribution in [-0.2, 0) is 0 Å². The van der Waals surface area contributed by atoms with Gasteiger partial charge < -0.3 is 10.4 Å². The van der Waals surface area contributed by atoms with E-state index in [0.29, 0.717) is 5.56 Å². The van der Waals surface area contributed by atoms with E-state index in [1.54, 1.807) is 12.1 Å². The highest BCUT2D eigenvalue weighted by molar-refractivity contribution is 5.91. The number of hydrogen-bond acceptors (Lipinski definition) is 3. The molecule has 0 amide bonds. The van der Waals surface area contributed by atoms with Crippen molar-refractivity contribution in [2.75, 3.05) is 12.4 Å². The molecule has 82 valence electrons. The van der Waals surface area contributed by atoms with E-state index >= 15 is 0 Å². The first kappa shape index (κ1) is 11.6. The predicted molar refractivity (Wildman–Crippen MR) is 62.3 cm³/mol. The second-order valence-corrected chi connectivity index (χ2v) is 4.42. The van der Waals surface area contributed by atoms with E-state index in [4.69, 9.17) is 0 Å². The lowest BCUT2D eigenvalue weighted by molar-refractivity contribution is -0.213. The van der Waals surface area contributed by atoms with Crippen LogP contribution in [0.3, 0.4) is 0 Å². The number of aliphatic imine (C=N–C) groups is 1. The predicted octanol–water partition coefficient (Wildman–Crippen LogP) is 1.63. The van der Waals surface area contributed by atoms with Gasteiger partial charge >= 0.3 is 0 Å². The minimum Gasteiger partial charge on any atom is -0.858 e. The van der Waals surface area contributed by atoms with Crippen molar-refractivity contribution >= 4 is 11.6 Å². The fourth-order valence-corrected chi connectivity index (χ4v) is 1.18. The summed E-state index contributed by atoms with van der Waals surface area (Å²) in [7, 11) is 1.82. The van der Waals surface area contributed by atoms with Crippen LogP contribution < -0.4 is 10.4 Å². The maximum absolute atomic E-state index is 11.7. The minimum absolute atomic E-state index is 0.167. The van der Waals surface area contributed by atoms with E-state index in [-0.39, 0.29) is 11.4 Å². The Morgan fingerprint density at radius 1 is 1.33 bits per heavy atom. The Kier molecular flexibility index (Phi) is 3.35. The van der Waals surface area contributed by atoms with Crippen molar-refractivity contribution < 1.29 is 5.11 Å². The molecule has 0 saturated heterocycles. The van der Waals surface area contributed by atoms with E-state index in [2.05, 4.69) is 10.3 Å². The Morgan fingerprint density at radius 2 is 2.00 bits per heavy atom. The van der Waals surface area contributed by atoms with Gasteiger partial charge in [-0.2, -0.15) is 0 Å². The Morgan fingerprint density at radius 3 is 2.53 bits per heavy atom. The lowest BCUT2D eigenvalue weighted by Gasteiger charge is -2.19. The van der Waals surface area contributed by atoms with Gasteiger partial charge in [-0.25, -0.2) is 0 Å². The molecule has 0 bridgehead atoms. The van der Waals surface area contributed by atoms with Gasteiger partial charge in [0.15, 0.2) is 0 Å². The molecule has 1 aromatic rings. The largest absolute Gasteiger partial charge is 0.858 e. The van der Waals surface area contributed by atoms with Gasteiger partial charge in [0.1, 0.15) is 0 Å². The summed E-state index contributed by atoms with van der Waals surface area (Å²) >= 11 is 0. The van der Waals surface area contributed by atoms with Gasteiger partial charge in [0, 0.05) is 12.7 Å². The molecule has 0 spiro atoms. The van der Waals surface area contributed by atoms with Crippen molar-refractivity contribution in [3.63, 3.8) is 0 Å². The minimum atomic E-state index is -0.327. The van der Waals surface area contributed by atoms with Gasteiger partial charge in [0.2, 0.25) is 0 Å². The monoisotopic (exact) mass is 205 g/mol. The molecule has 0 aliphatic heterocycles. The Labute approximate surface area is 90.9 Å². The summed E-state index contributed by atoms with van der Waals surface area (Å²) in [6.45, 7) is 5.73. The van der Waals surface area contributed by atoms with Crippen molar-refractivity contribution in [1.29, 1.82) is 0 Å². The summed E-state index contributed by atoms with van der Waals surface area (Å²) in [5, 5.41) is 14.7. The van der Waals surface area contributed by atoms with Crippen molar-refractivity contribution in [1.82, 2.24) is 0 Å². The average molecular weight is 205 g/mol. The summed E-state index contributed by atoms with van der Waals surface area (Å²) in [5.74, 6) is -0.167. The van der Waals surface area contributed by atoms with Crippen LogP contribution in [0.1, 0.15) is 26.3 Å². The normalized spacial score (nSPS) is 12.7. The van der Waals surface area contributed by atoms with E-state index in [1.165, 1.54) is 0 Å². The molecule has 1 rings (SSSR count). The van der Waals surface area contributed by atoms with E-state index < -0.39 is 0 Å². The van der Waals surface area contributed by atoms with Crippen LogP contribution in [0.15, 0.2) is 29.3 Å². The number of nitrogens with zero attached hydrogens (tertiary/aromatic N) is 1. The maximum Gasteiger partial charge on any atom is 0.0517 e. The van der Waals surface area contributed by atoms with Gasteiger partial charge in [-0.05, 0) is 44.4 Å². The summed E-state index contributed by atoms with van der Waals surface area (Å²) in [6.07, 6.45) is 0. The zero-order chi connectivity index (χ0) is 11.5. The van der Waals surface area contributed by atoms with Gasteiger partial charge in [-0.3, -0.25) is 4.99 Å². The number of nitrogens with one attached hydrogen (secondary N) is 1. The molecule has 3 heteroatoms. The molecule has 0 aromatic heterocycles. The first-order chi connectivity index (χ1) is 6.92. The van der Waals surface area contributed by atoms with Crippen LogP contribution in [0.25, 0.3) is 0 Å². The zero-order valence-electron chi connectivity index (χ0n) is 9.66. The fourth-order valence-electron chi connectivity index (χ4n) is 1.18. The van der Waals surface area contributed by atoms with Crippen molar-refractivity contribution in [2.45, 2.75) is 26.3 Å². The Bertz CT molecular complexity index is 364. The van der Waals surface area contributed by atoms with Gasteiger partial charge in [0.05, 0.1) is 5.54 Å². The summed E-state index contributed by atoms with van der Waals surface area (Å²) < 4.78 is 0. The highest BCUT2D eigenvalue weighted by Gasteiger charge is 2.06. The van der Waals surface area contributed by atoms with Crippen LogP contribution in [0, 0.1) is 0 Å². The van der Waals surface area contributed by atoms with Gasteiger partial charge in [-0.15, -0.1) is 0 Å². The third kappa shape index (κ3) is 3.62. The first-order valence-corrected chi connectivity index (χ1v) is 4.97. The third-order valence-electron chi connectivity index (χ3n) is 1.84. The molecule has 0 atom stereocenters. The van der Waals surface area contributed by atoms with E-state index in [9.17, 15) is 5.11 Å². The maximum atomic E-state index is 11.7. The van der Waals surface area contributed by atoms with Gasteiger partial charge in [0.25, 0.3) is 0 Å². The highest BCUT2D eigenvalue weighted by Crippen LogP contribution is 2.12. The number of anilines is 1. The topological polar surface area (TPSA) is 47.4 Å². The van der Waals surface area contributed by atoms with Crippen molar-refractivity contribution in [2.24, 2.45) is 4.99 Å². The molecular formula is C12H17N2O-. The molecule has 15 heavy (non-hydrogen) atoms. The second-order valence-electron chi connectivity index (χ2n) is 4.42. The highest BCUT2D eigenvalue weighted by atomic mass is 16.3. The van der Waals surface area contributed by atoms with Crippen molar-refractivity contribution in [3.8, 4) is 0 Å². The fraction of sp³-hybridized carbons (Fsp3) is 0.417. The Balaban J connectivity index is 3.01. The van der Waals surface area contributed by atoms with Gasteiger partial charge in [-0.1, -0.05) is 12.1 Å². The lowest BCUT2D eigenvalue weighted by Crippen LogP contribution is -2.24. The molecule has 0 fully saturated rings. The zero-order valence-corrected chi connectivity index (χ0v) is 9.66. The first-order valence-electron chi connectivity index (χ1n) is 4.97. The number of rotatable bonds is 2. The van der Waals surface area contributed by atoms with Crippen LogP contribution in [0.4, 0.5) is 5.69 Å². The third-order valence-corrected chi connectivity index (χ3v) is 1.84. The summed E-state index contributed by atoms with van der Waals surface area (Å²) in [5.41, 5.74) is 1.22. The van der Waals surface area contributed by atoms with E-state index in [0.717, 1.165) is 5.69 Å². The molecular weight excluding hydrogens is 188 g/mol. The van der Waals surface area contributed by atoms with Crippen LogP contribution in [0.2, 0.25) is 0 Å². The van der Waals surface area contributed by atoms with Crippen molar-refractivity contribution in [3.05, 3.63) is 29.8 Å². The molecule has 0 heterocycles. The SMILES string of the molecule is CNc1cccc(C([O-])=NC(C)(C)C)c1. The van der Waals surface area contributed by atoms with Crippen LogP contribution in [0.5, 0.6) is 0 Å². The van der Waals surface area contributed by atoms with Crippen LogP contribution >= 0.6 is 0 Å². The molecule has 0 radical (unpaired) electrons. The van der Waals surface area contributed by atoms with E-state index in [1.807, 2.05) is 40.0 Å². The molecule has 0 unspecified atom stereocenters. The Hall–Kier alpha value is -1.51. The molecule has 1 aromatic carbocycles. The summed E-state index contributed by atoms with van der Waals surface area (Å²) in [4.78, 5) is 4.09. The average Bonchev–Trinajstić information content (AvgIpc) is 2.15. The summed E-state index contributed by atoms with van der Waals surface area (Å²) in [6, 6.07) is 7.33. The number of hydrogen-bond donors (Lipinski definition) is 1. The lowest BCUT2D eigenvalue weighted by atomic mass is 10.1. The standard InChI is InChI=1S/C12H18N2O/c1-12(2,3)14-11(15)9-6-5-7-10(8-9)13-4/h5-8,13H,1-4H3,(H,14,15)/p-1. The molecule has 0 aliphatic carbocycles. The number of benzene rings is 1. The molecule has 1 N–H and O–H groups in total. The quantitative estimate of drug-likeness (QED) is 0.589. The molecule has 0 saturated carbocycles. The molecule has 3 nitrogen and oxygen atoms in total. The second kappa shape index (κ2) is 4.34. The smallest absolute Gasteiger partial charge is 0.0517 e.